The van der Waals surface area contributed by atoms with Crippen LogP contribution in [0.4, 0.5) is 24.5 Å². The van der Waals surface area contributed by atoms with Crippen LogP contribution in [0.1, 0.15) is 22.3 Å². The molecule has 0 atom stereocenters. The van der Waals surface area contributed by atoms with Crippen LogP contribution in [-0.2, 0) is 11.0 Å². The molecule has 3 rings (SSSR count). The summed E-state index contributed by atoms with van der Waals surface area (Å²) in [5, 5.41) is 11.9. The Morgan fingerprint density at radius 1 is 1.10 bits per heavy atom. The third kappa shape index (κ3) is 4.92. The van der Waals surface area contributed by atoms with Crippen LogP contribution in [0.5, 0.6) is 0 Å². The molecule has 1 saturated heterocycles. The molecule has 0 aromatic heterocycles. The molecule has 1 aliphatic heterocycles. The van der Waals surface area contributed by atoms with Crippen LogP contribution >= 0.6 is 0 Å². The van der Waals surface area contributed by atoms with Gasteiger partial charge in [0, 0.05) is 37.6 Å². The summed E-state index contributed by atoms with van der Waals surface area (Å²) in [5.41, 5.74) is 1.94. The highest BCUT2D eigenvalue weighted by Gasteiger charge is 2.34. The van der Waals surface area contributed by atoms with Crippen LogP contribution in [0.15, 0.2) is 36.4 Å². The van der Waals surface area contributed by atoms with E-state index in [0.717, 1.165) is 22.9 Å². The van der Waals surface area contributed by atoms with E-state index in [1.54, 1.807) is 6.07 Å². The Labute approximate surface area is 173 Å². The van der Waals surface area contributed by atoms with Crippen LogP contribution in [0.25, 0.3) is 0 Å². The molecule has 30 heavy (non-hydrogen) atoms. The number of carbonyl (C=O) groups excluding carboxylic acids is 1. The van der Waals surface area contributed by atoms with Crippen LogP contribution < -0.4 is 10.2 Å². The van der Waals surface area contributed by atoms with E-state index in [2.05, 4.69) is 5.32 Å². The summed E-state index contributed by atoms with van der Waals surface area (Å²) in [4.78, 5) is 16.3. The largest absolute Gasteiger partial charge is 0.417 e. The minimum atomic E-state index is -4.57. The van der Waals surface area contributed by atoms with Crippen molar-refractivity contribution in [1.82, 2.24) is 4.90 Å². The summed E-state index contributed by atoms with van der Waals surface area (Å²) in [6.45, 7) is 6.22. The van der Waals surface area contributed by atoms with Gasteiger partial charge in [-0.3, -0.25) is 9.69 Å². The van der Waals surface area contributed by atoms with Crippen molar-refractivity contribution in [3.63, 3.8) is 0 Å². The molecule has 0 saturated carbocycles. The second kappa shape index (κ2) is 8.76. The molecule has 0 aliphatic carbocycles. The Morgan fingerprint density at radius 3 is 2.30 bits per heavy atom. The number of aryl methyl sites for hydroxylation is 2. The number of nitriles is 1. The lowest BCUT2D eigenvalue weighted by atomic mass is 10.1. The lowest BCUT2D eigenvalue weighted by Crippen LogP contribution is -2.48. The molecule has 1 amide bonds. The summed E-state index contributed by atoms with van der Waals surface area (Å²) in [7, 11) is 0. The van der Waals surface area contributed by atoms with Gasteiger partial charge in [-0.15, -0.1) is 0 Å². The predicted octanol–water partition coefficient (Wildman–Crippen LogP) is 3.95. The lowest BCUT2D eigenvalue weighted by molar-refractivity contribution is -0.137. The van der Waals surface area contributed by atoms with E-state index < -0.39 is 11.7 Å². The van der Waals surface area contributed by atoms with Gasteiger partial charge in [-0.1, -0.05) is 18.2 Å². The van der Waals surface area contributed by atoms with Crippen molar-refractivity contribution >= 4 is 17.3 Å². The van der Waals surface area contributed by atoms with Crippen LogP contribution in [0, 0.1) is 25.2 Å². The van der Waals surface area contributed by atoms with Gasteiger partial charge in [-0.25, -0.2) is 0 Å². The first kappa shape index (κ1) is 21.7. The highest BCUT2D eigenvalue weighted by atomic mass is 19.4. The normalized spacial score (nSPS) is 15.0. The van der Waals surface area contributed by atoms with E-state index in [0.29, 0.717) is 31.9 Å². The smallest absolute Gasteiger partial charge is 0.369 e. The monoisotopic (exact) mass is 416 g/mol. The number of halogens is 3. The summed E-state index contributed by atoms with van der Waals surface area (Å²) in [6.07, 6.45) is -4.57. The highest BCUT2D eigenvalue weighted by molar-refractivity contribution is 5.93. The fraction of sp³-hybridized carbons (Fsp3) is 0.364. The van der Waals surface area contributed by atoms with Gasteiger partial charge < -0.3 is 10.2 Å². The number of alkyl halides is 3. The number of para-hydroxylation sites is 1. The molecule has 0 bridgehead atoms. The number of piperazine rings is 1. The zero-order valence-corrected chi connectivity index (χ0v) is 16.9. The third-order valence-electron chi connectivity index (χ3n) is 5.28. The Morgan fingerprint density at radius 2 is 1.73 bits per heavy atom. The molecule has 2 aromatic rings. The van der Waals surface area contributed by atoms with Crippen LogP contribution in [-0.4, -0.2) is 43.5 Å². The minimum absolute atomic E-state index is 0.112. The van der Waals surface area contributed by atoms with Crippen molar-refractivity contribution in [3.8, 4) is 6.07 Å². The minimum Gasteiger partial charge on any atom is -0.369 e. The molecule has 1 fully saturated rings. The first-order chi connectivity index (χ1) is 14.2. The van der Waals surface area contributed by atoms with E-state index >= 15 is 0 Å². The van der Waals surface area contributed by atoms with E-state index in [1.165, 1.54) is 12.1 Å². The number of nitrogens with zero attached hydrogens (tertiary/aromatic N) is 3. The molecule has 2 aromatic carbocycles. The van der Waals surface area contributed by atoms with Crippen molar-refractivity contribution in [1.29, 1.82) is 5.26 Å². The standard InChI is InChI=1S/C22H23F3N4O/c1-15-4-3-5-16(2)21(15)27-20(30)14-28-8-10-29(11-9-28)18-7-6-17(13-26)19(12-18)22(23,24)25/h3-7,12H,8-11,14H2,1-2H3,(H,27,30). The number of nitrogens with one attached hydrogen (secondary N) is 1. The second-order valence-electron chi connectivity index (χ2n) is 7.42. The Bertz CT molecular complexity index is 953. The van der Waals surface area contributed by atoms with E-state index in [1.807, 2.05) is 41.8 Å². The van der Waals surface area contributed by atoms with Gasteiger partial charge in [0.25, 0.3) is 0 Å². The van der Waals surface area contributed by atoms with Crippen LogP contribution in [0.2, 0.25) is 0 Å². The molecule has 0 unspecified atom stereocenters. The van der Waals surface area contributed by atoms with Gasteiger partial charge >= 0.3 is 6.18 Å². The van der Waals surface area contributed by atoms with Gasteiger partial charge in [0.15, 0.2) is 0 Å². The van der Waals surface area contributed by atoms with Gasteiger partial charge in [-0.05, 0) is 43.2 Å². The summed E-state index contributed by atoms with van der Waals surface area (Å²) in [6, 6.07) is 11.2. The fourth-order valence-electron chi connectivity index (χ4n) is 3.62. The number of rotatable bonds is 4. The molecule has 158 valence electrons. The maximum atomic E-state index is 13.2. The Kier molecular flexibility index (Phi) is 6.32. The Balaban J connectivity index is 1.60. The summed E-state index contributed by atoms with van der Waals surface area (Å²) < 4.78 is 39.6. The number of hydrogen-bond donors (Lipinski definition) is 1. The first-order valence-corrected chi connectivity index (χ1v) is 9.64. The van der Waals surface area contributed by atoms with Crippen molar-refractivity contribution in [2.75, 3.05) is 42.9 Å². The number of carbonyl (C=O) groups is 1. The first-order valence-electron chi connectivity index (χ1n) is 9.64. The maximum absolute atomic E-state index is 13.2. The quantitative estimate of drug-likeness (QED) is 0.820. The predicted molar refractivity (Wildman–Crippen MR) is 109 cm³/mol. The molecule has 1 N–H and O–H groups in total. The van der Waals surface area contributed by atoms with E-state index in [4.69, 9.17) is 5.26 Å². The van der Waals surface area contributed by atoms with Crippen molar-refractivity contribution in [3.05, 3.63) is 58.7 Å². The molecule has 1 heterocycles. The van der Waals surface area contributed by atoms with Gasteiger partial charge in [0.1, 0.15) is 0 Å². The van der Waals surface area contributed by atoms with Crippen LogP contribution in [0.3, 0.4) is 0 Å². The molecular weight excluding hydrogens is 393 g/mol. The highest BCUT2D eigenvalue weighted by Crippen LogP contribution is 2.34. The molecule has 5 nitrogen and oxygen atoms in total. The summed E-state index contributed by atoms with van der Waals surface area (Å²) >= 11 is 0. The summed E-state index contributed by atoms with van der Waals surface area (Å²) in [5.74, 6) is -0.112. The topological polar surface area (TPSA) is 59.4 Å². The maximum Gasteiger partial charge on any atom is 0.417 e. The SMILES string of the molecule is Cc1cccc(C)c1NC(=O)CN1CCN(c2ccc(C#N)c(C(F)(F)F)c2)CC1. The molecule has 0 spiro atoms. The number of benzene rings is 2. The van der Waals surface area contributed by atoms with E-state index in [9.17, 15) is 18.0 Å². The second-order valence-corrected chi connectivity index (χ2v) is 7.42. The number of hydrogen-bond acceptors (Lipinski definition) is 4. The molecule has 0 radical (unpaired) electrons. The average molecular weight is 416 g/mol. The number of amides is 1. The van der Waals surface area contributed by atoms with Crippen molar-refractivity contribution in [2.24, 2.45) is 0 Å². The molecular formula is C22H23F3N4O. The van der Waals surface area contributed by atoms with Gasteiger partial charge in [0.05, 0.1) is 23.7 Å². The lowest BCUT2D eigenvalue weighted by Gasteiger charge is -2.36. The number of anilines is 2. The van der Waals surface area contributed by atoms with Gasteiger partial charge in [0.2, 0.25) is 5.91 Å². The fourth-order valence-corrected chi connectivity index (χ4v) is 3.62. The zero-order valence-electron chi connectivity index (χ0n) is 16.9. The average Bonchev–Trinajstić information content (AvgIpc) is 2.70. The van der Waals surface area contributed by atoms with Crippen molar-refractivity contribution in [2.45, 2.75) is 20.0 Å². The Hall–Kier alpha value is -3.05. The third-order valence-corrected chi connectivity index (χ3v) is 5.28. The molecule has 8 heteroatoms. The zero-order chi connectivity index (χ0) is 21.9. The van der Waals surface area contributed by atoms with Gasteiger partial charge in [-0.2, -0.15) is 18.4 Å². The van der Waals surface area contributed by atoms with E-state index in [-0.39, 0.29) is 18.0 Å². The van der Waals surface area contributed by atoms with Crippen molar-refractivity contribution < 1.29 is 18.0 Å². The molecule has 1 aliphatic rings.